The third kappa shape index (κ3) is 0.858. The van der Waals surface area contributed by atoms with Crippen LogP contribution in [0.4, 0.5) is 0 Å². The summed E-state index contributed by atoms with van der Waals surface area (Å²) >= 11 is 0. The Morgan fingerprint density at radius 2 is 2.25 bits per heavy atom. The van der Waals surface area contributed by atoms with E-state index in [1.165, 1.54) is 0 Å². The molecule has 0 saturated carbocycles. The van der Waals surface area contributed by atoms with Crippen LogP contribution in [-0.4, -0.2) is 24.1 Å². The molecular weight excluding hydrogens is 102 g/mol. The molecule has 0 aromatic carbocycles. The molecule has 0 amide bonds. The van der Waals surface area contributed by atoms with Gasteiger partial charge in [-0.15, -0.1) is 0 Å². The topological polar surface area (TPSA) is 12.5 Å². The van der Waals surface area contributed by atoms with Gasteiger partial charge in [-0.25, -0.2) is 0 Å². The maximum absolute atomic E-state index is 4.95. The van der Waals surface area contributed by atoms with E-state index in [9.17, 15) is 0 Å². The summed E-state index contributed by atoms with van der Waals surface area (Å²) in [4.78, 5) is 1.95. The summed E-state index contributed by atoms with van der Waals surface area (Å²) in [7, 11) is 1.97. The van der Waals surface area contributed by atoms with Crippen molar-refractivity contribution in [1.29, 1.82) is 0 Å². The molecule has 8 heavy (non-hydrogen) atoms. The first kappa shape index (κ1) is 6.05. The maximum Gasteiger partial charge on any atom is 0.217 e. The molecule has 1 rings (SSSR count). The zero-order chi connectivity index (χ0) is 6.20. The molecule has 0 N–H and O–H groups in total. The lowest BCUT2D eigenvalue weighted by Gasteiger charge is -2.22. The lowest BCUT2D eigenvalue weighted by atomic mass is 10.1. The van der Waals surface area contributed by atoms with Gasteiger partial charge in [-0.3, -0.25) is 4.90 Å². The van der Waals surface area contributed by atoms with Crippen molar-refractivity contribution < 1.29 is 4.74 Å². The summed E-state index contributed by atoms with van der Waals surface area (Å²) in [6.07, 6.45) is 0. The molecule has 1 heterocycles. The van der Waals surface area contributed by atoms with Crippen LogP contribution in [0.2, 0.25) is 0 Å². The number of likely N-dealkylation sites (N-methyl/N-ethyl adjacent to an activating group) is 1. The normalized spacial score (nSPS) is 28.9. The zero-order valence-electron chi connectivity index (χ0n) is 5.56. The average Bonchev–Trinajstić information content (AvgIpc) is 1.86. The van der Waals surface area contributed by atoms with Crippen molar-refractivity contribution in [3.05, 3.63) is 6.73 Å². The van der Waals surface area contributed by atoms with Gasteiger partial charge in [0.25, 0.3) is 0 Å². The Kier molecular flexibility index (Phi) is 1.29. The van der Waals surface area contributed by atoms with E-state index in [-0.39, 0.29) is 5.54 Å². The Balaban J connectivity index is 2.54. The highest BCUT2D eigenvalue weighted by molar-refractivity contribution is 4.85. The Bertz CT molecular complexity index is 90.5. The van der Waals surface area contributed by atoms with E-state index in [2.05, 4.69) is 20.6 Å². The molecule has 1 fully saturated rings. The molecule has 0 aliphatic carbocycles. The minimum absolute atomic E-state index is 0.153. The molecule has 0 spiro atoms. The molecule has 1 aliphatic rings. The average molecular weight is 113 g/mol. The number of hydrogen-bond donors (Lipinski definition) is 0. The molecule has 0 aromatic rings. The second kappa shape index (κ2) is 1.71. The zero-order valence-corrected chi connectivity index (χ0v) is 5.56. The third-order valence-electron chi connectivity index (χ3n) is 1.53. The Hall–Kier alpha value is -0.0800. The molecule has 0 bridgehead atoms. The van der Waals surface area contributed by atoms with E-state index in [0.717, 1.165) is 6.61 Å². The van der Waals surface area contributed by atoms with Gasteiger partial charge in [0.2, 0.25) is 6.73 Å². The lowest BCUT2D eigenvalue weighted by molar-refractivity contribution is 0.229. The Morgan fingerprint density at radius 3 is 2.38 bits per heavy atom. The lowest BCUT2D eigenvalue weighted by Crippen LogP contribution is -2.35. The van der Waals surface area contributed by atoms with Crippen molar-refractivity contribution in [2.45, 2.75) is 19.4 Å². The van der Waals surface area contributed by atoms with Crippen LogP contribution < -0.4 is 0 Å². The molecule has 46 valence electrons. The highest BCUT2D eigenvalue weighted by Crippen LogP contribution is 2.20. The van der Waals surface area contributed by atoms with Crippen molar-refractivity contribution >= 4 is 0 Å². The van der Waals surface area contributed by atoms with Crippen LogP contribution >= 0.6 is 0 Å². The molecule has 1 aliphatic heterocycles. The van der Waals surface area contributed by atoms with Crippen LogP contribution in [0.1, 0.15) is 13.8 Å². The Labute approximate surface area is 50.4 Å². The van der Waals surface area contributed by atoms with Crippen LogP contribution in [-0.2, 0) is 4.74 Å². The molecule has 2 heteroatoms. The molecular formula is C6H11NO. The smallest absolute Gasteiger partial charge is 0.217 e. The van der Waals surface area contributed by atoms with Gasteiger partial charge in [0.15, 0.2) is 0 Å². The van der Waals surface area contributed by atoms with Crippen LogP contribution in [0.15, 0.2) is 0 Å². The maximum atomic E-state index is 4.95. The number of ether oxygens (including phenoxy) is 1. The quantitative estimate of drug-likeness (QED) is 0.459. The highest BCUT2D eigenvalue weighted by Gasteiger charge is 2.30. The van der Waals surface area contributed by atoms with Gasteiger partial charge < -0.3 is 4.74 Å². The number of nitrogens with zero attached hydrogens (tertiary/aromatic N) is 1. The van der Waals surface area contributed by atoms with E-state index >= 15 is 0 Å². The Morgan fingerprint density at radius 1 is 1.62 bits per heavy atom. The van der Waals surface area contributed by atoms with Gasteiger partial charge in [0.05, 0.1) is 6.61 Å². The second-order valence-electron chi connectivity index (χ2n) is 2.75. The summed E-state index contributed by atoms with van der Waals surface area (Å²) in [5, 5.41) is 0. The minimum atomic E-state index is 0.153. The predicted molar refractivity (Wildman–Crippen MR) is 31.0 cm³/mol. The molecule has 0 unspecified atom stereocenters. The molecule has 2 radical (unpaired) electrons. The standard InChI is InChI=1S/C6H11NO/c1-6(2)4-8-5-7(6)3/h4H2,1-3H3. The van der Waals surface area contributed by atoms with Crippen LogP contribution in [0.5, 0.6) is 0 Å². The summed E-state index contributed by atoms with van der Waals surface area (Å²) in [6.45, 7) is 7.73. The van der Waals surface area contributed by atoms with Crippen molar-refractivity contribution in [2.75, 3.05) is 13.7 Å². The number of rotatable bonds is 0. The monoisotopic (exact) mass is 113 g/mol. The first-order valence-corrected chi connectivity index (χ1v) is 2.74. The van der Waals surface area contributed by atoms with E-state index in [0.29, 0.717) is 0 Å². The van der Waals surface area contributed by atoms with E-state index in [4.69, 9.17) is 4.74 Å². The fourth-order valence-electron chi connectivity index (χ4n) is 0.526. The van der Waals surface area contributed by atoms with Gasteiger partial charge in [0.1, 0.15) is 0 Å². The fraction of sp³-hybridized carbons (Fsp3) is 0.833. The van der Waals surface area contributed by atoms with Crippen LogP contribution in [0.3, 0.4) is 0 Å². The highest BCUT2D eigenvalue weighted by atomic mass is 16.5. The van der Waals surface area contributed by atoms with Gasteiger partial charge in [-0.1, -0.05) is 0 Å². The molecule has 0 aromatic heterocycles. The second-order valence-corrected chi connectivity index (χ2v) is 2.75. The molecule has 0 atom stereocenters. The summed E-state index contributed by atoms with van der Waals surface area (Å²) < 4.78 is 4.95. The van der Waals surface area contributed by atoms with Gasteiger partial charge in [0, 0.05) is 5.54 Å². The first-order chi connectivity index (χ1) is 3.63. The van der Waals surface area contributed by atoms with Gasteiger partial charge >= 0.3 is 0 Å². The van der Waals surface area contributed by atoms with Crippen LogP contribution in [0.25, 0.3) is 0 Å². The predicted octanol–water partition coefficient (Wildman–Crippen LogP) is 0.723. The molecule has 2 nitrogen and oxygen atoms in total. The van der Waals surface area contributed by atoms with Crippen LogP contribution in [0, 0.1) is 6.73 Å². The van der Waals surface area contributed by atoms with Gasteiger partial charge in [-0.05, 0) is 20.9 Å². The van der Waals surface area contributed by atoms with Crippen molar-refractivity contribution in [2.24, 2.45) is 0 Å². The van der Waals surface area contributed by atoms with Crippen molar-refractivity contribution in [1.82, 2.24) is 4.90 Å². The summed E-state index contributed by atoms with van der Waals surface area (Å²) in [5.41, 5.74) is 0.153. The summed E-state index contributed by atoms with van der Waals surface area (Å²) in [5.74, 6) is 0. The fourth-order valence-corrected chi connectivity index (χ4v) is 0.526. The summed E-state index contributed by atoms with van der Waals surface area (Å²) in [6, 6.07) is 0. The van der Waals surface area contributed by atoms with E-state index in [1.54, 1.807) is 0 Å². The van der Waals surface area contributed by atoms with Gasteiger partial charge in [-0.2, -0.15) is 0 Å². The van der Waals surface area contributed by atoms with Crippen molar-refractivity contribution in [3.63, 3.8) is 0 Å². The first-order valence-electron chi connectivity index (χ1n) is 2.74. The van der Waals surface area contributed by atoms with E-state index in [1.807, 2.05) is 11.9 Å². The minimum Gasteiger partial charge on any atom is -0.350 e. The number of hydrogen-bond acceptors (Lipinski definition) is 2. The molecule has 1 saturated heterocycles. The SMILES string of the molecule is CN1[C]OCC1(C)C. The largest absolute Gasteiger partial charge is 0.350 e. The van der Waals surface area contributed by atoms with E-state index < -0.39 is 0 Å². The van der Waals surface area contributed by atoms with Crippen molar-refractivity contribution in [3.8, 4) is 0 Å². The third-order valence-corrected chi connectivity index (χ3v) is 1.53.